The van der Waals surface area contributed by atoms with E-state index in [-0.39, 0.29) is 29.6 Å². The number of aliphatic hydroxyl groups excluding tert-OH is 1. The largest absolute Gasteiger partial charge is 0.459 e. The number of carbonyl (C=O) groups excluding carboxylic acids is 1. The molecule has 5 rings (SSSR count). The standard InChI is InChI=1S/C28H38FN5O4S/c1-19-16-34(13-14-37-19)26-25(38-18-29)6-5-23(30-26)27(36)31-22-4-3-21(32-39-20(2)17-35)15-24(22)33-11-9-28(7-8-28)10-12-33/h3-6,15,19-20,32,35H,7-14,16-18H2,1-2H3,(H,31,36)/t19-,20+/m1/s1. The zero-order chi connectivity index (χ0) is 27.4. The average molecular weight is 560 g/mol. The van der Waals surface area contributed by atoms with Gasteiger partial charge in [0.05, 0.1) is 30.7 Å². The fourth-order valence-corrected chi connectivity index (χ4v) is 5.76. The number of halogens is 1. The van der Waals surface area contributed by atoms with Gasteiger partial charge in [-0.3, -0.25) is 4.79 Å². The third-order valence-corrected chi connectivity index (χ3v) is 8.73. The molecule has 2 aromatic rings. The van der Waals surface area contributed by atoms with E-state index >= 15 is 0 Å². The van der Waals surface area contributed by atoms with Crippen LogP contribution in [0.1, 0.15) is 50.0 Å². The maximum Gasteiger partial charge on any atom is 0.274 e. The molecule has 2 atom stereocenters. The third-order valence-electron chi connectivity index (χ3n) is 7.83. The fraction of sp³-hybridized carbons (Fsp3) is 0.571. The number of alkyl halides is 1. The molecule has 0 radical (unpaired) electrons. The Morgan fingerprint density at radius 2 is 2.03 bits per heavy atom. The number of carbonyl (C=O) groups is 1. The van der Waals surface area contributed by atoms with Crippen LogP contribution in [0.25, 0.3) is 0 Å². The molecule has 1 aliphatic carbocycles. The maximum atomic E-state index is 13.5. The number of nitrogens with one attached hydrogen (secondary N) is 2. The number of hydrogen-bond acceptors (Lipinski definition) is 9. The number of benzene rings is 1. The molecule has 11 heteroatoms. The molecule has 9 nitrogen and oxygen atoms in total. The van der Waals surface area contributed by atoms with Crippen molar-refractivity contribution >= 4 is 40.7 Å². The molecule has 3 heterocycles. The number of pyridine rings is 1. The Labute approximate surface area is 233 Å². The lowest BCUT2D eigenvalue weighted by atomic mass is 9.93. The lowest BCUT2D eigenvalue weighted by Gasteiger charge is -2.35. The molecule has 1 aromatic heterocycles. The van der Waals surface area contributed by atoms with E-state index in [1.807, 2.05) is 30.9 Å². The quantitative estimate of drug-likeness (QED) is 0.358. The van der Waals surface area contributed by atoms with Gasteiger partial charge in [0.25, 0.3) is 5.91 Å². The van der Waals surface area contributed by atoms with E-state index in [0.717, 1.165) is 37.3 Å². The lowest BCUT2D eigenvalue weighted by Crippen LogP contribution is -2.42. The monoisotopic (exact) mass is 559 g/mol. The van der Waals surface area contributed by atoms with Crippen LogP contribution in [0.5, 0.6) is 5.75 Å². The number of anilines is 4. The van der Waals surface area contributed by atoms with E-state index < -0.39 is 6.86 Å². The summed E-state index contributed by atoms with van der Waals surface area (Å²) in [6, 6.07) is 9.06. The first kappa shape index (κ1) is 27.8. The van der Waals surface area contributed by atoms with Crippen molar-refractivity contribution in [2.24, 2.45) is 5.41 Å². The summed E-state index contributed by atoms with van der Waals surface area (Å²) in [7, 11) is 0. The van der Waals surface area contributed by atoms with Crippen LogP contribution in [-0.2, 0) is 4.74 Å². The van der Waals surface area contributed by atoms with E-state index in [1.54, 1.807) is 12.1 Å². The van der Waals surface area contributed by atoms with Gasteiger partial charge in [0, 0.05) is 37.1 Å². The Morgan fingerprint density at radius 3 is 2.72 bits per heavy atom. The number of morpholine rings is 1. The van der Waals surface area contributed by atoms with Crippen molar-refractivity contribution in [3.05, 3.63) is 36.0 Å². The molecule has 2 aliphatic heterocycles. The van der Waals surface area contributed by atoms with Gasteiger partial charge in [-0.1, -0.05) is 0 Å². The van der Waals surface area contributed by atoms with Gasteiger partial charge < -0.3 is 34.4 Å². The van der Waals surface area contributed by atoms with E-state index in [9.17, 15) is 14.3 Å². The van der Waals surface area contributed by atoms with E-state index in [0.29, 0.717) is 42.4 Å². The molecule has 1 saturated carbocycles. The second-order valence-electron chi connectivity index (χ2n) is 10.8. The molecular weight excluding hydrogens is 521 g/mol. The lowest BCUT2D eigenvalue weighted by molar-refractivity contribution is 0.0526. The van der Waals surface area contributed by atoms with Crippen LogP contribution in [0.4, 0.5) is 27.3 Å². The van der Waals surface area contributed by atoms with Crippen LogP contribution < -0.4 is 24.6 Å². The predicted molar refractivity (Wildman–Crippen MR) is 154 cm³/mol. The van der Waals surface area contributed by atoms with Crippen molar-refractivity contribution in [3.63, 3.8) is 0 Å². The highest BCUT2D eigenvalue weighted by molar-refractivity contribution is 8.01. The Kier molecular flexibility index (Phi) is 8.68. The number of piperidine rings is 1. The first-order chi connectivity index (χ1) is 18.9. The predicted octanol–water partition coefficient (Wildman–Crippen LogP) is 4.69. The molecule has 1 amide bonds. The molecule has 1 spiro atoms. The summed E-state index contributed by atoms with van der Waals surface area (Å²) >= 11 is 1.46. The van der Waals surface area contributed by atoms with Crippen molar-refractivity contribution in [1.82, 2.24) is 4.98 Å². The molecule has 1 aromatic carbocycles. The van der Waals surface area contributed by atoms with Gasteiger partial charge in [0.2, 0.25) is 6.86 Å². The van der Waals surface area contributed by atoms with Gasteiger partial charge in [0.1, 0.15) is 5.69 Å². The van der Waals surface area contributed by atoms with Gasteiger partial charge in [-0.2, -0.15) is 0 Å². The summed E-state index contributed by atoms with van der Waals surface area (Å²) in [6.45, 7) is 6.58. The number of nitrogens with zero attached hydrogens (tertiary/aromatic N) is 3. The molecule has 212 valence electrons. The van der Waals surface area contributed by atoms with Gasteiger partial charge in [-0.05, 0) is 87.2 Å². The van der Waals surface area contributed by atoms with Gasteiger partial charge >= 0.3 is 0 Å². The normalized spacial score (nSPS) is 21.0. The molecule has 3 fully saturated rings. The Morgan fingerprint density at radius 1 is 1.23 bits per heavy atom. The number of rotatable bonds is 10. The van der Waals surface area contributed by atoms with Crippen LogP contribution in [0, 0.1) is 5.41 Å². The van der Waals surface area contributed by atoms with Gasteiger partial charge in [-0.25, -0.2) is 9.37 Å². The van der Waals surface area contributed by atoms with E-state index in [2.05, 4.69) is 26.0 Å². The number of hydrogen-bond donors (Lipinski definition) is 3. The molecule has 3 N–H and O–H groups in total. The third kappa shape index (κ3) is 6.70. The van der Waals surface area contributed by atoms with Crippen LogP contribution in [0.15, 0.2) is 30.3 Å². The second kappa shape index (κ2) is 12.2. The summed E-state index contributed by atoms with van der Waals surface area (Å²) in [5.41, 5.74) is 3.34. The van der Waals surface area contributed by atoms with E-state index in [4.69, 9.17) is 9.47 Å². The van der Waals surface area contributed by atoms with Crippen LogP contribution in [-0.4, -0.2) is 73.6 Å². The minimum Gasteiger partial charge on any atom is -0.459 e. The molecule has 0 unspecified atom stereocenters. The molecular formula is C28H38FN5O4S. The second-order valence-corrected chi connectivity index (χ2v) is 12.0. The van der Waals surface area contributed by atoms with Crippen molar-refractivity contribution < 1.29 is 23.8 Å². The SMILES string of the molecule is C[C@@H]1CN(c2nc(C(=O)Nc3ccc(NS[C@@H](C)CO)cc3N3CCC4(CC3)CC4)ccc2OCF)CCO1. The molecule has 2 saturated heterocycles. The highest BCUT2D eigenvalue weighted by Gasteiger charge is 2.44. The molecule has 3 aliphatic rings. The smallest absolute Gasteiger partial charge is 0.274 e. The van der Waals surface area contributed by atoms with Crippen LogP contribution in [0.3, 0.4) is 0 Å². The number of aromatic nitrogens is 1. The molecule has 39 heavy (non-hydrogen) atoms. The topological polar surface area (TPSA) is 99.2 Å². The number of ether oxygens (including phenoxy) is 2. The number of amides is 1. The fourth-order valence-electron chi connectivity index (χ4n) is 5.22. The highest BCUT2D eigenvalue weighted by atomic mass is 32.2. The zero-order valence-electron chi connectivity index (χ0n) is 22.6. The minimum absolute atomic E-state index is 0.0104. The molecule has 0 bridgehead atoms. The summed E-state index contributed by atoms with van der Waals surface area (Å²) in [5.74, 6) is 0.400. The highest BCUT2D eigenvalue weighted by Crippen LogP contribution is 2.54. The summed E-state index contributed by atoms with van der Waals surface area (Å²) < 4.78 is 27.2. The summed E-state index contributed by atoms with van der Waals surface area (Å²) in [5, 5.41) is 12.5. The van der Waals surface area contributed by atoms with Gasteiger partial charge in [0.15, 0.2) is 11.6 Å². The first-order valence-corrected chi connectivity index (χ1v) is 14.6. The van der Waals surface area contributed by atoms with Crippen molar-refractivity contribution in [3.8, 4) is 5.75 Å². The van der Waals surface area contributed by atoms with Crippen molar-refractivity contribution in [2.45, 2.75) is 50.9 Å². The first-order valence-electron chi connectivity index (χ1n) is 13.7. The van der Waals surface area contributed by atoms with Crippen molar-refractivity contribution in [2.75, 3.05) is 66.1 Å². The Bertz CT molecular complexity index is 1160. The summed E-state index contributed by atoms with van der Waals surface area (Å²) in [6.07, 6.45) is 4.95. The number of aliphatic hydroxyl groups is 1. The minimum atomic E-state index is -0.976. The Hall–Kier alpha value is -2.76. The van der Waals surface area contributed by atoms with E-state index in [1.165, 1.54) is 24.8 Å². The Balaban J connectivity index is 1.38. The average Bonchev–Trinajstić information content (AvgIpc) is 3.71. The van der Waals surface area contributed by atoms with Crippen LogP contribution in [0.2, 0.25) is 0 Å². The summed E-state index contributed by atoms with van der Waals surface area (Å²) in [4.78, 5) is 22.4. The van der Waals surface area contributed by atoms with Crippen molar-refractivity contribution in [1.29, 1.82) is 0 Å². The van der Waals surface area contributed by atoms with Crippen LogP contribution >= 0.6 is 11.9 Å². The maximum absolute atomic E-state index is 13.5. The zero-order valence-corrected chi connectivity index (χ0v) is 23.4. The van der Waals surface area contributed by atoms with Gasteiger partial charge in [-0.15, -0.1) is 0 Å².